The van der Waals surface area contributed by atoms with E-state index in [1.54, 1.807) is 0 Å². The molecule has 2 nitrogen and oxygen atoms in total. The van der Waals surface area contributed by atoms with Gasteiger partial charge in [0.1, 0.15) is 0 Å². The summed E-state index contributed by atoms with van der Waals surface area (Å²) in [4.78, 5) is 0. The van der Waals surface area contributed by atoms with Crippen LogP contribution in [-0.2, 0) is 0 Å². The van der Waals surface area contributed by atoms with Gasteiger partial charge >= 0.3 is 0 Å². The quantitative estimate of drug-likeness (QED) is 0.576. The summed E-state index contributed by atoms with van der Waals surface area (Å²) in [6.45, 7) is 4.03. The summed E-state index contributed by atoms with van der Waals surface area (Å²) in [6.07, 6.45) is 0.470. The first-order valence-corrected chi connectivity index (χ1v) is 2.81. The Morgan fingerprint density at radius 1 is 1.62 bits per heavy atom. The first-order valence-electron chi connectivity index (χ1n) is 2.81. The van der Waals surface area contributed by atoms with Gasteiger partial charge in [0.2, 0.25) is 0 Å². The SMILES string of the molecule is CC(C)C(N)CC#N. The van der Waals surface area contributed by atoms with E-state index in [9.17, 15) is 0 Å². The van der Waals surface area contributed by atoms with Crippen molar-refractivity contribution in [2.75, 3.05) is 0 Å². The minimum Gasteiger partial charge on any atom is -0.327 e. The van der Waals surface area contributed by atoms with Crippen molar-refractivity contribution >= 4 is 0 Å². The molecule has 0 aliphatic rings. The van der Waals surface area contributed by atoms with Crippen LogP contribution < -0.4 is 5.73 Å². The Kier molecular flexibility index (Phi) is 3.21. The number of nitrogens with two attached hydrogens (primary N) is 1. The van der Waals surface area contributed by atoms with Crippen LogP contribution in [0.5, 0.6) is 0 Å². The lowest BCUT2D eigenvalue weighted by molar-refractivity contribution is 0.501. The van der Waals surface area contributed by atoms with E-state index in [1.807, 2.05) is 19.9 Å². The van der Waals surface area contributed by atoms with Crippen molar-refractivity contribution in [3.05, 3.63) is 0 Å². The molecule has 0 saturated heterocycles. The maximum atomic E-state index is 8.16. The average molecular weight is 112 g/mol. The predicted molar refractivity (Wildman–Crippen MR) is 33.0 cm³/mol. The first-order chi connectivity index (χ1) is 3.68. The lowest BCUT2D eigenvalue weighted by Gasteiger charge is -2.09. The zero-order valence-corrected chi connectivity index (χ0v) is 5.39. The third-order valence-corrected chi connectivity index (χ3v) is 1.18. The molecule has 0 spiro atoms. The molecule has 0 heterocycles. The van der Waals surface area contributed by atoms with E-state index < -0.39 is 0 Å². The largest absolute Gasteiger partial charge is 0.327 e. The fraction of sp³-hybridized carbons (Fsp3) is 0.833. The van der Waals surface area contributed by atoms with E-state index in [4.69, 9.17) is 11.0 Å². The van der Waals surface area contributed by atoms with Crippen molar-refractivity contribution < 1.29 is 0 Å². The minimum absolute atomic E-state index is 0.0556. The Morgan fingerprint density at radius 2 is 2.12 bits per heavy atom. The molecule has 0 aromatic heterocycles. The minimum atomic E-state index is 0.0556. The zero-order chi connectivity index (χ0) is 6.57. The molecular formula is C6H12N2. The van der Waals surface area contributed by atoms with Crippen LogP contribution in [0.1, 0.15) is 20.3 Å². The second kappa shape index (κ2) is 3.45. The fourth-order valence-electron chi connectivity index (χ4n) is 0.341. The molecule has 0 aromatic carbocycles. The van der Waals surface area contributed by atoms with Crippen molar-refractivity contribution in [1.29, 1.82) is 5.26 Å². The summed E-state index contributed by atoms with van der Waals surface area (Å²) in [5.41, 5.74) is 5.50. The summed E-state index contributed by atoms with van der Waals surface area (Å²) >= 11 is 0. The summed E-state index contributed by atoms with van der Waals surface area (Å²) in [5.74, 6) is 0.426. The molecule has 0 aliphatic carbocycles. The molecule has 0 aromatic rings. The summed E-state index contributed by atoms with van der Waals surface area (Å²) in [7, 11) is 0. The van der Waals surface area contributed by atoms with E-state index in [1.165, 1.54) is 0 Å². The number of nitrogens with zero attached hydrogens (tertiary/aromatic N) is 1. The molecular weight excluding hydrogens is 100 g/mol. The summed E-state index contributed by atoms with van der Waals surface area (Å²) in [6, 6.07) is 2.08. The van der Waals surface area contributed by atoms with Crippen molar-refractivity contribution in [1.82, 2.24) is 0 Å². The van der Waals surface area contributed by atoms with Gasteiger partial charge in [-0.3, -0.25) is 0 Å². The third kappa shape index (κ3) is 2.59. The second-order valence-electron chi connectivity index (χ2n) is 2.27. The molecule has 0 amide bonds. The van der Waals surface area contributed by atoms with Gasteiger partial charge in [-0.15, -0.1) is 0 Å². The molecule has 0 aliphatic heterocycles. The number of hydrogen-bond acceptors (Lipinski definition) is 2. The van der Waals surface area contributed by atoms with Crippen molar-refractivity contribution in [3.8, 4) is 6.07 Å². The Labute approximate surface area is 50.3 Å². The molecule has 0 radical (unpaired) electrons. The second-order valence-corrected chi connectivity index (χ2v) is 2.27. The third-order valence-electron chi connectivity index (χ3n) is 1.18. The van der Waals surface area contributed by atoms with Gasteiger partial charge in [0.25, 0.3) is 0 Å². The van der Waals surface area contributed by atoms with Gasteiger partial charge in [0.05, 0.1) is 12.5 Å². The Balaban J connectivity index is 3.35. The molecule has 0 bridgehead atoms. The molecule has 8 heavy (non-hydrogen) atoms. The van der Waals surface area contributed by atoms with Crippen molar-refractivity contribution in [2.24, 2.45) is 11.7 Å². The monoisotopic (exact) mass is 112 g/mol. The van der Waals surface area contributed by atoms with Gasteiger partial charge in [-0.05, 0) is 5.92 Å². The van der Waals surface area contributed by atoms with Crippen LogP contribution in [0.15, 0.2) is 0 Å². The maximum absolute atomic E-state index is 8.16. The maximum Gasteiger partial charge on any atom is 0.0638 e. The van der Waals surface area contributed by atoms with Crippen LogP contribution in [0.2, 0.25) is 0 Å². The van der Waals surface area contributed by atoms with E-state index in [0.717, 1.165) is 0 Å². The van der Waals surface area contributed by atoms with Gasteiger partial charge in [0.15, 0.2) is 0 Å². The summed E-state index contributed by atoms with van der Waals surface area (Å²) < 4.78 is 0. The molecule has 0 rings (SSSR count). The highest BCUT2D eigenvalue weighted by Crippen LogP contribution is 2.00. The van der Waals surface area contributed by atoms with Gasteiger partial charge in [-0.2, -0.15) is 5.26 Å². The Morgan fingerprint density at radius 3 is 2.25 bits per heavy atom. The predicted octanol–water partition coefficient (Wildman–Crippen LogP) is 0.883. The molecule has 46 valence electrons. The topological polar surface area (TPSA) is 49.8 Å². The highest BCUT2D eigenvalue weighted by Gasteiger charge is 2.04. The van der Waals surface area contributed by atoms with Crippen LogP contribution in [0.4, 0.5) is 0 Å². The van der Waals surface area contributed by atoms with Gasteiger partial charge < -0.3 is 5.73 Å². The lowest BCUT2D eigenvalue weighted by Crippen LogP contribution is -2.25. The smallest absolute Gasteiger partial charge is 0.0638 e. The number of nitriles is 1. The highest BCUT2D eigenvalue weighted by atomic mass is 14.6. The average Bonchev–Trinajstić information content (AvgIpc) is 1.67. The Hall–Kier alpha value is -0.550. The molecule has 2 heteroatoms. The van der Waals surface area contributed by atoms with Crippen LogP contribution in [-0.4, -0.2) is 6.04 Å². The van der Waals surface area contributed by atoms with E-state index in [-0.39, 0.29) is 6.04 Å². The van der Waals surface area contributed by atoms with Crippen LogP contribution in [0, 0.1) is 17.2 Å². The first kappa shape index (κ1) is 7.45. The van der Waals surface area contributed by atoms with Gasteiger partial charge in [-0.1, -0.05) is 13.8 Å². The lowest BCUT2D eigenvalue weighted by atomic mass is 10.0. The van der Waals surface area contributed by atoms with E-state index in [2.05, 4.69) is 0 Å². The van der Waals surface area contributed by atoms with Crippen molar-refractivity contribution in [2.45, 2.75) is 26.3 Å². The molecule has 0 saturated carbocycles. The van der Waals surface area contributed by atoms with Crippen LogP contribution in [0.25, 0.3) is 0 Å². The standard InChI is InChI=1S/C6H12N2/c1-5(2)6(8)3-4-7/h5-6H,3,8H2,1-2H3. The highest BCUT2D eigenvalue weighted by molar-refractivity contribution is 4.79. The summed E-state index contributed by atoms with van der Waals surface area (Å²) in [5, 5.41) is 8.16. The molecule has 0 fully saturated rings. The van der Waals surface area contributed by atoms with Crippen LogP contribution in [0.3, 0.4) is 0 Å². The Bertz CT molecular complexity index is 91.2. The van der Waals surface area contributed by atoms with Gasteiger partial charge in [0, 0.05) is 6.04 Å². The number of hydrogen-bond donors (Lipinski definition) is 1. The molecule has 2 N–H and O–H groups in total. The zero-order valence-electron chi connectivity index (χ0n) is 5.39. The molecule has 1 atom stereocenters. The van der Waals surface area contributed by atoms with Crippen LogP contribution >= 0.6 is 0 Å². The molecule has 1 unspecified atom stereocenters. The van der Waals surface area contributed by atoms with E-state index in [0.29, 0.717) is 12.3 Å². The van der Waals surface area contributed by atoms with Crippen molar-refractivity contribution in [3.63, 3.8) is 0 Å². The fourth-order valence-corrected chi connectivity index (χ4v) is 0.341. The van der Waals surface area contributed by atoms with E-state index >= 15 is 0 Å². The van der Waals surface area contributed by atoms with Gasteiger partial charge in [-0.25, -0.2) is 0 Å². The normalized spacial score (nSPS) is 13.4. The number of rotatable bonds is 2.